The molecule has 1 atom stereocenters. The van der Waals surface area contributed by atoms with Gasteiger partial charge in [0.25, 0.3) is 0 Å². The highest BCUT2D eigenvalue weighted by molar-refractivity contribution is 7.59. The van der Waals surface area contributed by atoms with E-state index in [9.17, 15) is 18.4 Å². The van der Waals surface area contributed by atoms with Crippen molar-refractivity contribution in [1.82, 2.24) is 5.32 Å². The fourth-order valence-corrected chi connectivity index (χ4v) is 3.15. The lowest BCUT2D eigenvalue weighted by atomic mass is 10.0. The standard InChI is InChI=1S/C24H30F2N2O3.H2S/c1-6-7-16-8-10-20(11-9-16)28(5)22(29)21(27-23(30)31-24(2,3)4)14-17-12-18(25)15-19(26)13-17;/h8-13,15,21H,6-7,14H2,1-5H3,(H,27,30);1H2/t21-;/m0./s1. The molecule has 0 heterocycles. The fraction of sp³-hybridized carbons (Fsp3) is 0.417. The smallest absolute Gasteiger partial charge is 0.408 e. The van der Waals surface area contributed by atoms with Crippen molar-refractivity contribution in [3.05, 3.63) is 65.2 Å². The molecule has 176 valence electrons. The minimum Gasteiger partial charge on any atom is -0.444 e. The molecule has 0 bridgehead atoms. The van der Waals surface area contributed by atoms with Crippen molar-refractivity contribution in [1.29, 1.82) is 0 Å². The van der Waals surface area contributed by atoms with Crippen LogP contribution < -0.4 is 10.2 Å². The average molecular weight is 467 g/mol. The topological polar surface area (TPSA) is 58.6 Å². The second-order valence-corrected chi connectivity index (χ2v) is 8.49. The number of halogens is 2. The Balaban J connectivity index is 0.00000512. The summed E-state index contributed by atoms with van der Waals surface area (Å²) in [4.78, 5) is 26.9. The van der Waals surface area contributed by atoms with Crippen LogP contribution >= 0.6 is 13.5 Å². The number of carbonyl (C=O) groups is 2. The summed E-state index contributed by atoms with van der Waals surface area (Å²) < 4.78 is 32.5. The molecule has 2 amide bonds. The average Bonchev–Trinajstić information content (AvgIpc) is 2.65. The monoisotopic (exact) mass is 466 g/mol. The number of alkyl carbamates (subject to hydrolysis) is 1. The van der Waals surface area contributed by atoms with Gasteiger partial charge in [-0.1, -0.05) is 25.5 Å². The van der Waals surface area contributed by atoms with E-state index in [-0.39, 0.29) is 25.5 Å². The van der Waals surface area contributed by atoms with Crippen LogP contribution in [0.1, 0.15) is 45.2 Å². The Morgan fingerprint density at radius 3 is 2.09 bits per heavy atom. The molecule has 0 fully saturated rings. The first kappa shape index (κ1) is 27.4. The lowest BCUT2D eigenvalue weighted by Gasteiger charge is -2.27. The highest BCUT2D eigenvalue weighted by Crippen LogP contribution is 2.18. The first-order valence-electron chi connectivity index (χ1n) is 10.3. The number of likely N-dealkylation sites (N-methyl/N-ethyl adjacent to an activating group) is 1. The van der Waals surface area contributed by atoms with Gasteiger partial charge < -0.3 is 15.0 Å². The number of nitrogens with zero attached hydrogens (tertiary/aromatic N) is 1. The van der Waals surface area contributed by atoms with Crippen LogP contribution in [0.25, 0.3) is 0 Å². The lowest BCUT2D eigenvalue weighted by molar-refractivity contribution is -0.120. The number of hydrogen-bond donors (Lipinski definition) is 1. The molecule has 2 rings (SSSR count). The number of rotatable bonds is 7. The lowest BCUT2D eigenvalue weighted by Crippen LogP contribution is -2.50. The third-order valence-corrected chi connectivity index (χ3v) is 4.54. The van der Waals surface area contributed by atoms with Gasteiger partial charge in [-0.2, -0.15) is 13.5 Å². The largest absolute Gasteiger partial charge is 0.444 e. The molecule has 32 heavy (non-hydrogen) atoms. The summed E-state index contributed by atoms with van der Waals surface area (Å²) in [6.07, 6.45) is 1.08. The molecule has 0 saturated carbocycles. The third kappa shape index (κ3) is 8.49. The first-order valence-corrected chi connectivity index (χ1v) is 10.3. The van der Waals surface area contributed by atoms with Crippen LogP contribution in [0.3, 0.4) is 0 Å². The maximum absolute atomic E-state index is 13.6. The van der Waals surface area contributed by atoms with Crippen LogP contribution in [0.5, 0.6) is 0 Å². The maximum atomic E-state index is 13.6. The minimum atomic E-state index is -1.07. The number of benzene rings is 2. The van der Waals surface area contributed by atoms with Crippen molar-refractivity contribution in [2.24, 2.45) is 0 Å². The van der Waals surface area contributed by atoms with Gasteiger partial charge in [0.2, 0.25) is 5.91 Å². The van der Waals surface area contributed by atoms with Gasteiger partial charge >= 0.3 is 6.09 Å². The molecular formula is C24H32F2N2O3S. The normalized spacial score (nSPS) is 11.8. The van der Waals surface area contributed by atoms with E-state index in [1.807, 2.05) is 24.3 Å². The van der Waals surface area contributed by atoms with Crippen LogP contribution in [0.2, 0.25) is 0 Å². The molecule has 1 N–H and O–H groups in total. The Morgan fingerprint density at radius 2 is 1.59 bits per heavy atom. The molecule has 0 spiro atoms. The number of hydrogen-bond acceptors (Lipinski definition) is 3. The van der Waals surface area contributed by atoms with Crippen molar-refractivity contribution < 1.29 is 23.1 Å². The van der Waals surface area contributed by atoms with E-state index >= 15 is 0 Å². The maximum Gasteiger partial charge on any atom is 0.408 e. The second kappa shape index (κ2) is 11.9. The van der Waals surface area contributed by atoms with Gasteiger partial charge in [-0.3, -0.25) is 4.79 Å². The van der Waals surface area contributed by atoms with Gasteiger partial charge in [0.1, 0.15) is 23.3 Å². The van der Waals surface area contributed by atoms with Gasteiger partial charge in [0.15, 0.2) is 0 Å². The van der Waals surface area contributed by atoms with E-state index in [2.05, 4.69) is 12.2 Å². The highest BCUT2D eigenvalue weighted by atomic mass is 32.1. The van der Waals surface area contributed by atoms with Crippen molar-refractivity contribution in [2.45, 2.75) is 58.6 Å². The molecule has 0 aliphatic heterocycles. The number of aryl methyl sites for hydroxylation is 1. The summed E-state index contributed by atoms with van der Waals surface area (Å²) in [5.74, 6) is -1.93. The van der Waals surface area contributed by atoms with E-state index in [1.54, 1.807) is 27.8 Å². The van der Waals surface area contributed by atoms with Crippen LogP contribution in [0, 0.1) is 11.6 Å². The van der Waals surface area contributed by atoms with Gasteiger partial charge in [-0.05, 0) is 62.6 Å². The molecule has 0 aliphatic rings. The summed E-state index contributed by atoms with van der Waals surface area (Å²) >= 11 is 0. The quantitative estimate of drug-likeness (QED) is 0.616. The number of carbonyl (C=O) groups excluding carboxylic acids is 2. The van der Waals surface area contributed by atoms with Gasteiger partial charge in [-0.25, -0.2) is 13.6 Å². The highest BCUT2D eigenvalue weighted by Gasteiger charge is 2.28. The molecule has 5 nitrogen and oxygen atoms in total. The van der Waals surface area contributed by atoms with Gasteiger partial charge in [-0.15, -0.1) is 0 Å². The Bertz CT molecular complexity index is 894. The van der Waals surface area contributed by atoms with Crippen LogP contribution in [0.15, 0.2) is 42.5 Å². The van der Waals surface area contributed by atoms with Crippen LogP contribution in [0.4, 0.5) is 19.3 Å². The molecule has 0 unspecified atom stereocenters. The van der Waals surface area contributed by atoms with Crippen molar-refractivity contribution >= 4 is 31.2 Å². The minimum absolute atomic E-state index is 0. The van der Waals surface area contributed by atoms with Crippen molar-refractivity contribution in [3.8, 4) is 0 Å². The fourth-order valence-electron chi connectivity index (χ4n) is 3.15. The van der Waals surface area contributed by atoms with E-state index in [4.69, 9.17) is 4.74 Å². The first-order chi connectivity index (χ1) is 14.5. The zero-order valence-corrected chi connectivity index (χ0v) is 20.2. The Morgan fingerprint density at radius 1 is 1.03 bits per heavy atom. The zero-order valence-electron chi connectivity index (χ0n) is 19.2. The predicted molar refractivity (Wildman–Crippen MR) is 127 cm³/mol. The van der Waals surface area contributed by atoms with Crippen molar-refractivity contribution in [3.63, 3.8) is 0 Å². The molecule has 2 aromatic carbocycles. The second-order valence-electron chi connectivity index (χ2n) is 8.49. The molecule has 0 aromatic heterocycles. The number of ether oxygens (including phenoxy) is 1. The molecule has 0 aliphatic carbocycles. The molecule has 2 aromatic rings. The van der Waals surface area contributed by atoms with E-state index < -0.39 is 35.3 Å². The van der Waals surface area contributed by atoms with E-state index in [1.165, 1.54) is 4.90 Å². The summed E-state index contributed by atoms with van der Waals surface area (Å²) in [5.41, 5.74) is 1.29. The Kier molecular flexibility index (Phi) is 10.2. The summed E-state index contributed by atoms with van der Waals surface area (Å²) in [7, 11) is 1.59. The van der Waals surface area contributed by atoms with Gasteiger partial charge in [0.05, 0.1) is 0 Å². The predicted octanol–water partition coefficient (Wildman–Crippen LogP) is 5.13. The summed E-state index contributed by atoms with van der Waals surface area (Å²) in [5, 5.41) is 2.55. The van der Waals surface area contributed by atoms with E-state index in [0.717, 1.165) is 36.6 Å². The number of amides is 2. The van der Waals surface area contributed by atoms with Crippen LogP contribution in [-0.4, -0.2) is 30.7 Å². The van der Waals surface area contributed by atoms with Crippen LogP contribution in [-0.2, 0) is 22.4 Å². The number of nitrogens with one attached hydrogen (secondary N) is 1. The molecular weight excluding hydrogens is 434 g/mol. The van der Waals surface area contributed by atoms with Crippen molar-refractivity contribution in [2.75, 3.05) is 11.9 Å². The molecule has 0 radical (unpaired) electrons. The Hall–Kier alpha value is -2.61. The number of anilines is 1. The Labute approximate surface area is 195 Å². The zero-order chi connectivity index (χ0) is 23.2. The summed E-state index contributed by atoms with van der Waals surface area (Å²) in [6, 6.07) is 9.51. The molecule has 0 saturated heterocycles. The summed E-state index contributed by atoms with van der Waals surface area (Å²) in [6.45, 7) is 7.20. The third-order valence-electron chi connectivity index (χ3n) is 4.54. The van der Waals surface area contributed by atoms with Gasteiger partial charge in [0, 0.05) is 25.2 Å². The molecule has 8 heteroatoms. The SMILES string of the molecule is CCCc1ccc(N(C)C(=O)[C@H](Cc2cc(F)cc(F)c2)NC(=O)OC(C)(C)C)cc1.S. The van der Waals surface area contributed by atoms with E-state index in [0.29, 0.717) is 5.69 Å².